The molecule has 0 saturated carbocycles. The lowest BCUT2D eigenvalue weighted by Crippen LogP contribution is -2.06. The normalized spacial score (nSPS) is 10.6. The molecule has 0 atom stereocenters. The van der Waals surface area contributed by atoms with Gasteiger partial charge in [-0.1, -0.05) is 66.6 Å². The van der Waals surface area contributed by atoms with Crippen molar-refractivity contribution in [3.8, 4) is 34.6 Å². The van der Waals surface area contributed by atoms with E-state index < -0.39 is 5.63 Å². The summed E-state index contributed by atoms with van der Waals surface area (Å²) in [6, 6.07) is 23.5. The van der Waals surface area contributed by atoms with E-state index in [9.17, 15) is 4.79 Å². The van der Waals surface area contributed by atoms with Crippen LogP contribution in [-0.2, 0) is 0 Å². The summed E-state index contributed by atoms with van der Waals surface area (Å²) in [4.78, 5) is 11.9. The van der Waals surface area contributed by atoms with E-state index in [-0.39, 0.29) is 5.56 Å². The topological polar surface area (TPSA) is 30.2 Å². The molecular weight excluding hydrogens is 320 g/mol. The van der Waals surface area contributed by atoms with E-state index in [2.05, 4.69) is 31.0 Å². The summed E-state index contributed by atoms with van der Waals surface area (Å²) in [5.74, 6) is 2.45. The highest BCUT2D eigenvalue weighted by molar-refractivity contribution is 5.96. The van der Waals surface area contributed by atoms with Crippen LogP contribution in [0.15, 0.2) is 82.0 Å². The number of fused-ring (bicyclic) bond motifs is 2. The van der Waals surface area contributed by atoms with Crippen LogP contribution in [0.3, 0.4) is 0 Å². The number of rotatable bonds is 1. The summed E-state index contributed by atoms with van der Waals surface area (Å²) in [5, 5.41) is 0.848. The molecule has 2 aliphatic rings. The average Bonchev–Trinajstić information content (AvgIpc) is 3.38. The zero-order valence-corrected chi connectivity index (χ0v) is 14.3. The lowest BCUT2D eigenvalue weighted by molar-refractivity contribution is 0.559. The van der Waals surface area contributed by atoms with Gasteiger partial charge in [-0.15, -0.1) is 6.42 Å². The van der Waals surface area contributed by atoms with E-state index in [1.807, 2.05) is 48.5 Å². The summed E-state index contributed by atoms with van der Waals surface area (Å²) in [5.41, 5.74) is 6.36. The number of hydrogen-bond acceptors (Lipinski definition) is 2. The van der Waals surface area contributed by atoms with Crippen molar-refractivity contribution in [3.63, 3.8) is 0 Å². The second-order valence-corrected chi connectivity index (χ2v) is 6.18. The first-order chi connectivity index (χ1) is 12.7. The van der Waals surface area contributed by atoms with Crippen molar-refractivity contribution in [1.29, 1.82) is 0 Å². The van der Waals surface area contributed by atoms with Gasteiger partial charge in [0.2, 0.25) is 0 Å². The average molecular weight is 336 g/mol. The SMILES string of the molecule is C#Cc1c(-c2ccccc2)c2ccccc2oc1=O.Cc1ccc2cc1-2. The molecule has 5 rings (SSSR count). The highest BCUT2D eigenvalue weighted by atomic mass is 16.4. The third kappa shape index (κ3) is 2.81. The van der Waals surface area contributed by atoms with Gasteiger partial charge < -0.3 is 4.42 Å². The molecule has 26 heavy (non-hydrogen) atoms. The fraction of sp³-hybridized carbons (Fsp3) is 0.0417. The molecule has 0 bridgehead atoms. The Kier molecular flexibility index (Phi) is 3.91. The Bertz CT molecular complexity index is 1210. The molecule has 0 saturated heterocycles. The van der Waals surface area contributed by atoms with Crippen LogP contribution in [0.2, 0.25) is 0 Å². The molecular formula is C24H16O2. The van der Waals surface area contributed by atoms with Crippen LogP contribution in [0, 0.1) is 19.3 Å². The van der Waals surface area contributed by atoms with Crippen molar-refractivity contribution in [2.75, 3.05) is 0 Å². The quantitative estimate of drug-likeness (QED) is 0.302. The largest absolute Gasteiger partial charge is 0.422 e. The predicted molar refractivity (Wildman–Crippen MR) is 106 cm³/mol. The molecule has 0 aliphatic heterocycles. The Hall–Kier alpha value is -3.57. The smallest absolute Gasteiger partial charge is 0.352 e. The van der Waals surface area contributed by atoms with Gasteiger partial charge >= 0.3 is 5.63 Å². The molecule has 124 valence electrons. The first-order valence-electron chi connectivity index (χ1n) is 8.38. The summed E-state index contributed by atoms with van der Waals surface area (Å²) in [6.07, 6.45) is 5.47. The van der Waals surface area contributed by atoms with Gasteiger partial charge in [-0.3, -0.25) is 0 Å². The Labute approximate surface area is 151 Å². The number of para-hydroxylation sites is 1. The second kappa shape index (κ2) is 6.38. The fourth-order valence-electron chi connectivity index (χ4n) is 3.09. The van der Waals surface area contributed by atoms with Crippen LogP contribution in [-0.4, -0.2) is 0 Å². The van der Waals surface area contributed by atoms with Gasteiger partial charge in [0, 0.05) is 10.9 Å². The maximum atomic E-state index is 11.9. The minimum atomic E-state index is -0.472. The Balaban J connectivity index is 0.000000198. The molecule has 2 nitrogen and oxygen atoms in total. The van der Waals surface area contributed by atoms with Crippen LogP contribution in [0.5, 0.6) is 0 Å². The van der Waals surface area contributed by atoms with Crippen molar-refractivity contribution in [2.45, 2.75) is 6.92 Å². The lowest BCUT2D eigenvalue weighted by Gasteiger charge is -2.08. The summed E-state index contributed by atoms with van der Waals surface area (Å²) >= 11 is 0. The molecule has 0 radical (unpaired) electrons. The van der Waals surface area contributed by atoms with Crippen LogP contribution in [0.25, 0.3) is 33.2 Å². The van der Waals surface area contributed by atoms with E-state index in [0.29, 0.717) is 5.58 Å². The zero-order valence-electron chi connectivity index (χ0n) is 14.3. The summed E-state index contributed by atoms with van der Waals surface area (Å²) in [6.45, 7) is 2.14. The number of aryl methyl sites for hydroxylation is 1. The molecule has 1 aromatic heterocycles. The zero-order chi connectivity index (χ0) is 18.1. The monoisotopic (exact) mass is 336 g/mol. The van der Waals surface area contributed by atoms with Gasteiger partial charge in [0.15, 0.2) is 0 Å². The number of benzene rings is 3. The van der Waals surface area contributed by atoms with Gasteiger partial charge in [-0.25, -0.2) is 4.79 Å². The van der Waals surface area contributed by atoms with Gasteiger partial charge in [0.1, 0.15) is 11.1 Å². The molecule has 0 spiro atoms. The molecule has 0 fully saturated rings. The van der Waals surface area contributed by atoms with E-state index >= 15 is 0 Å². The molecule has 2 aliphatic carbocycles. The minimum absolute atomic E-state index is 0.268. The summed E-state index contributed by atoms with van der Waals surface area (Å²) < 4.78 is 5.25. The van der Waals surface area contributed by atoms with Crippen LogP contribution >= 0.6 is 0 Å². The number of hydrogen-bond donors (Lipinski definition) is 0. The first kappa shape index (κ1) is 15.9. The van der Waals surface area contributed by atoms with Crippen LogP contribution < -0.4 is 5.63 Å². The Morgan fingerprint density at radius 1 is 0.885 bits per heavy atom. The minimum Gasteiger partial charge on any atom is -0.422 e. The third-order valence-corrected chi connectivity index (χ3v) is 4.49. The molecule has 3 aromatic rings. The van der Waals surface area contributed by atoms with Crippen molar-refractivity contribution < 1.29 is 4.42 Å². The Morgan fingerprint density at radius 3 is 2.19 bits per heavy atom. The van der Waals surface area contributed by atoms with E-state index in [1.165, 1.54) is 16.7 Å². The van der Waals surface area contributed by atoms with Crippen molar-refractivity contribution in [3.05, 3.63) is 94.3 Å². The van der Waals surface area contributed by atoms with Crippen molar-refractivity contribution in [1.82, 2.24) is 0 Å². The van der Waals surface area contributed by atoms with E-state index in [4.69, 9.17) is 10.8 Å². The molecule has 1 heterocycles. The van der Waals surface area contributed by atoms with Crippen molar-refractivity contribution in [2.24, 2.45) is 0 Å². The Morgan fingerprint density at radius 2 is 1.62 bits per heavy atom. The maximum Gasteiger partial charge on any atom is 0.352 e. The van der Waals surface area contributed by atoms with Gasteiger partial charge in [-0.2, -0.15) is 0 Å². The van der Waals surface area contributed by atoms with Crippen LogP contribution in [0.1, 0.15) is 11.1 Å². The second-order valence-electron chi connectivity index (χ2n) is 6.18. The molecule has 0 amide bonds. The van der Waals surface area contributed by atoms with E-state index in [1.54, 1.807) is 6.07 Å². The standard InChI is InChI=1S/C17H10O2.C7H6/c1-2-13-16(12-8-4-3-5-9-12)14-10-6-7-11-15(14)19-17(13)18;1-5-2-3-6-4-7(5)6/h1,3-11H;2-4H,1H3. The highest BCUT2D eigenvalue weighted by Gasteiger charge is 2.14. The number of terminal acetylenes is 1. The third-order valence-electron chi connectivity index (χ3n) is 4.49. The fourth-order valence-corrected chi connectivity index (χ4v) is 3.09. The molecule has 0 unspecified atom stereocenters. The molecule has 2 heteroatoms. The van der Waals surface area contributed by atoms with Crippen LogP contribution in [0.4, 0.5) is 0 Å². The van der Waals surface area contributed by atoms with Crippen molar-refractivity contribution >= 4 is 11.0 Å². The first-order valence-corrected chi connectivity index (χ1v) is 8.38. The highest BCUT2D eigenvalue weighted by Crippen LogP contribution is 2.37. The maximum absolute atomic E-state index is 11.9. The molecule has 2 aromatic carbocycles. The predicted octanol–water partition coefficient (Wildman–Crippen LogP) is 5.42. The van der Waals surface area contributed by atoms with Gasteiger partial charge in [-0.05, 0) is 41.3 Å². The molecule has 0 N–H and O–H groups in total. The lowest BCUT2D eigenvalue weighted by atomic mass is 9.97. The summed E-state index contributed by atoms with van der Waals surface area (Å²) in [7, 11) is 0. The van der Waals surface area contributed by atoms with Gasteiger partial charge in [0.05, 0.1) is 0 Å². The van der Waals surface area contributed by atoms with Gasteiger partial charge in [0.25, 0.3) is 0 Å². The van der Waals surface area contributed by atoms with E-state index in [0.717, 1.165) is 16.5 Å².